The van der Waals surface area contributed by atoms with E-state index in [2.05, 4.69) is 14.8 Å². The van der Waals surface area contributed by atoms with E-state index >= 15 is 0 Å². The number of hydrogen-bond donors (Lipinski definition) is 0. The molecule has 0 atom stereocenters. The molecule has 1 aliphatic carbocycles. The summed E-state index contributed by atoms with van der Waals surface area (Å²) in [5, 5.41) is 8.84. The number of benzene rings is 1. The first-order chi connectivity index (χ1) is 13.6. The fourth-order valence-corrected chi connectivity index (χ4v) is 4.67. The molecule has 4 rings (SSSR count). The minimum absolute atomic E-state index is 0.0812. The van der Waals surface area contributed by atoms with Crippen molar-refractivity contribution < 1.29 is 9.21 Å². The van der Waals surface area contributed by atoms with E-state index in [1.54, 1.807) is 0 Å². The molecular weight excluding hydrogens is 370 g/mol. The van der Waals surface area contributed by atoms with Gasteiger partial charge in [0.25, 0.3) is 5.22 Å². The number of ketones is 1. The molecule has 1 aliphatic rings. The van der Waals surface area contributed by atoms with Crippen LogP contribution < -0.4 is 0 Å². The summed E-state index contributed by atoms with van der Waals surface area (Å²) < 4.78 is 7.94. The summed E-state index contributed by atoms with van der Waals surface area (Å²) in [5.41, 5.74) is 3.83. The maximum atomic E-state index is 12.8. The number of carbonyl (C=O) groups excluding carboxylic acids is 1. The number of hydrogen-bond acceptors (Lipinski definition) is 5. The van der Waals surface area contributed by atoms with E-state index < -0.39 is 0 Å². The van der Waals surface area contributed by atoms with Gasteiger partial charge in [-0.3, -0.25) is 4.79 Å². The smallest absolute Gasteiger partial charge is 0.277 e. The molecule has 28 heavy (non-hydrogen) atoms. The van der Waals surface area contributed by atoms with Gasteiger partial charge >= 0.3 is 0 Å². The molecule has 0 saturated heterocycles. The number of aryl methyl sites for hydroxylation is 1. The third-order valence-corrected chi connectivity index (χ3v) is 6.27. The Kier molecular flexibility index (Phi) is 5.67. The molecule has 0 aliphatic heterocycles. The van der Waals surface area contributed by atoms with Gasteiger partial charge in [-0.2, -0.15) is 0 Å². The zero-order valence-electron chi connectivity index (χ0n) is 16.4. The van der Waals surface area contributed by atoms with Crippen LogP contribution >= 0.6 is 11.8 Å². The first kappa shape index (κ1) is 19.0. The standard InChI is InChI=1S/C22H25N3O2S/c1-15-13-19(16(2)25(15)18-11-7-4-8-12-18)20(26)14-28-22-24-23-21(27-22)17-9-5-3-6-10-17/h4,7-8,11-13,17H,3,5-6,9-10,14H2,1-2H3. The zero-order valence-corrected chi connectivity index (χ0v) is 17.2. The van der Waals surface area contributed by atoms with Crippen molar-refractivity contribution in [3.8, 4) is 5.69 Å². The molecule has 2 heterocycles. The number of aromatic nitrogens is 3. The van der Waals surface area contributed by atoms with Crippen LogP contribution in [0.4, 0.5) is 0 Å². The Labute approximate surface area is 169 Å². The van der Waals surface area contributed by atoms with E-state index in [1.165, 1.54) is 31.0 Å². The summed E-state index contributed by atoms with van der Waals surface area (Å²) in [7, 11) is 0. The molecule has 6 heteroatoms. The molecule has 0 amide bonds. The van der Waals surface area contributed by atoms with Gasteiger partial charge in [-0.15, -0.1) is 10.2 Å². The fourth-order valence-electron chi connectivity index (χ4n) is 4.02. The molecule has 0 radical (unpaired) electrons. The molecule has 2 aromatic heterocycles. The maximum absolute atomic E-state index is 12.8. The second kappa shape index (κ2) is 8.35. The van der Waals surface area contributed by atoms with E-state index in [4.69, 9.17) is 4.42 Å². The average molecular weight is 396 g/mol. The summed E-state index contributed by atoms with van der Waals surface area (Å²) >= 11 is 1.33. The van der Waals surface area contributed by atoms with Crippen molar-refractivity contribution in [1.29, 1.82) is 0 Å². The highest BCUT2D eigenvalue weighted by molar-refractivity contribution is 7.99. The van der Waals surface area contributed by atoms with E-state index in [1.807, 2.05) is 50.2 Å². The molecule has 0 unspecified atom stereocenters. The number of thioether (sulfide) groups is 1. The lowest BCUT2D eigenvalue weighted by atomic mass is 9.89. The largest absolute Gasteiger partial charge is 0.416 e. The highest BCUT2D eigenvalue weighted by Gasteiger charge is 2.22. The highest BCUT2D eigenvalue weighted by Crippen LogP contribution is 2.33. The number of carbonyl (C=O) groups is 1. The molecule has 5 nitrogen and oxygen atoms in total. The van der Waals surface area contributed by atoms with Crippen molar-refractivity contribution in [3.63, 3.8) is 0 Å². The molecular formula is C22H25N3O2S. The second-order valence-corrected chi connectivity index (χ2v) is 8.34. The van der Waals surface area contributed by atoms with Gasteiger partial charge in [-0.1, -0.05) is 49.2 Å². The number of Topliss-reactive ketones (excluding diaryl/α,β-unsaturated/α-hetero) is 1. The summed E-state index contributed by atoms with van der Waals surface area (Å²) in [6, 6.07) is 12.1. The van der Waals surface area contributed by atoms with Crippen LogP contribution in [0.25, 0.3) is 5.69 Å². The average Bonchev–Trinajstić information content (AvgIpc) is 3.32. The summed E-state index contributed by atoms with van der Waals surface area (Å²) in [5.74, 6) is 1.50. The zero-order chi connectivity index (χ0) is 19.5. The third-order valence-electron chi connectivity index (χ3n) is 5.45. The van der Waals surface area contributed by atoms with Gasteiger partial charge in [0.1, 0.15) is 0 Å². The van der Waals surface area contributed by atoms with Crippen molar-refractivity contribution in [2.45, 2.75) is 57.1 Å². The van der Waals surface area contributed by atoms with Crippen LogP contribution in [-0.2, 0) is 0 Å². The van der Waals surface area contributed by atoms with Crippen molar-refractivity contribution in [3.05, 3.63) is 59.2 Å². The predicted molar refractivity (Wildman–Crippen MR) is 110 cm³/mol. The van der Waals surface area contributed by atoms with Gasteiger partial charge in [-0.05, 0) is 44.9 Å². The summed E-state index contributed by atoms with van der Waals surface area (Å²) in [4.78, 5) is 12.8. The summed E-state index contributed by atoms with van der Waals surface area (Å²) in [6.45, 7) is 4.02. The highest BCUT2D eigenvalue weighted by atomic mass is 32.2. The van der Waals surface area contributed by atoms with Gasteiger partial charge < -0.3 is 8.98 Å². The van der Waals surface area contributed by atoms with Crippen molar-refractivity contribution in [2.75, 3.05) is 5.75 Å². The quantitative estimate of drug-likeness (QED) is 0.407. The van der Waals surface area contributed by atoms with Crippen LogP contribution in [0.3, 0.4) is 0 Å². The Hall–Kier alpha value is -2.34. The first-order valence-corrected chi connectivity index (χ1v) is 10.9. The van der Waals surface area contributed by atoms with E-state index in [0.717, 1.165) is 41.4 Å². The molecule has 146 valence electrons. The van der Waals surface area contributed by atoms with Crippen LogP contribution in [0.2, 0.25) is 0 Å². The number of para-hydroxylation sites is 1. The number of nitrogens with zero attached hydrogens (tertiary/aromatic N) is 3. The van der Waals surface area contributed by atoms with Gasteiger partial charge in [-0.25, -0.2) is 0 Å². The second-order valence-electron chi connectivity index (χ2n) is 7.41. The lowest BCUT2D eigenvalue weighted by Crippen LogP contribution is -2.05. The van der Waals surface area contributed by atoms with Gasteiger partial charge in [0.15, 0.2) is 5.78 Å². The Morgan fingerprint density at radius 1 is 1.14 bits per heavy atom. The lowest BCUT2D eigenvalue weighted by Gasteiger charge is -2.17. The van der Waals surface area contributed by atoms with Crippen LogP contribution in [-0.4, -0.2) is 26.3 Å². The SMILES string of the molecule is Cc1cc(C(=O)CSc2nnc(C3CCCCC3)o2)c(C)n1-c1ccccc1. The van der Waals surface area contributed by atoms with Crippen LogP contribution in [0.1, 0.15) is 65.7 Å². The Morgan fingerprint density at radius 3 is 2.64 bits per heavy atom. The van der Waals surface area contributed by atoms with E-state index in [-0.39, 0.29) is 5.78 Å². The minimum atomic E-state index is 0.0812. The molecule has 1 fully saturated rings. The van der Waals surface area contributed by atoms with Gasteiger partial charge in [0.05, 0.1) is 5.75 Å². The van der Waals surface area contributed by atoms with Crippen LogP contribution in [0, 0.1) is 13.8 Å². The van der Waals surface area contributed by atoms with Gasteiger partial charge in [0.2, 0.25) is 5.89 Å². The van der Waals surface area contributed by atoms with Crippen molar-refractivity contribution in [2.24, 2.45) is 0 Å². The topological polar surface area (TPSA) is 60.9 Å². The lowest BCUT2D eigenvalue weighted by molar-refractivity contribution is 0.102. The molecule has 0 N–H and O–H groups in total. The predicted octanol–water partition coefficient (Wildman–Crippen LogP) is 5.50. The fraction of sp³-hybridized carbons (Fsp3) is 0.409. The summed E-state index contributed by atoms with van der Waals surface area (Å²) in [6.07, 6.45) is 5.99. The Morgan fingerprint density at radius 2 is 1.89 bits per heavy atom. The third kappa shape index (κ3) is 3.92. The molecule has 1 aromatic carbocycles. The Bertz CT molecular complexity index is 956. The van der Waals surface area contributed by atoms with E-state index in [0.29, 0.717) is 16.9 Å². The van der Waals surface area contributed by atoms with E-state index in [9.17, 15) is 4.79 Å². The molecule has 0 bridgehead atoms. The minimum Gasteiger partial charge on any atom is -0.416 e. The Balaban J connectivity index is 1.44. The normalized spacial score (nSPS) is 15.1. The van der Waals surface area contributed by atoms with Crippen LogP contribution in [0.5, 0.6) is 0 Å². The molecule has 0 spiro atoms. The maximum Gasteiger partial charge on any atom is 0.277 e. The van der Waals surface area contributed by atoms with Crippen molar-refractivity contribution in [1.82, 2.24) is 14.8 Å². The first-order valence-electron chi connectivity index (χ1n) is 9.87. The van der Waals surface area contributed by atoms with Crippen molar-refractivity contribution >= 4 is 17.5 Å². The monoisotopic (exact) mass is 395 g/mol. The molecule has 3 aromatic rings. The van der Waals surface area contributed by atoms with Gasteiger partial charge in [0, 0.05) is 28.6 Å². The van der Waals surface area contributed by atoms with Crippen LogP contribution in [0.15, 0.2) is 46.0 Å². The number of rotatable bonds is 6. The molecule has 1 saturated carbocycles.